The van der Waals surface area contributed by atoms with E-state index in [1.807, 2.05) is 24.3 Å². The van der Waals surface area contributed by atoms with Gasteiger partial charge in [0.25, 0.3) is 5.91 Å². The lowest BCUT2D eigenvalue weighted by Gasteiger charge is -2.17. The van der Waals surface area contributed by atoms with Crippen LogP contribution in [0.5, 0.6) is 0 Å². The Morgan fingerprint density at radius 1 is 1.12 bits per heavy atom. The molecule has 0 fully saturated rings. The molecule has 138 valence electrons. The van der Waals surface area contributed by atoms with Crippen LogP contribution in [0.25, 0.3) is 0 Å². The maximum atomic E-state index is 12.4. The number of hydrogen-bond donors (Lipinski definition) is 2. The van der Waals surface area contributed by atoms with E-state index in [9.17, 15) is 9.59 Å². The molecular formula is C19H24N4O3. The van der Waals surface area contributed by atoms with E-state index in [4.69, 9.17) is 4.74 Å². The van der Waals surface area contributed by atoms with E-state index in [1.165, 1.54) is 0 Å². The SMILES string of the molecule is COCCNCC(=O)NCc1ccc(N(C)C(=O)c2ccncc2)cc1. The normalized spacial score (nSPS) is 10.4. The van der Waals surface area contributed by atoms with Crippen molar-refractivity contribution < 1.29 is 14.3 Å². The number of methoxy groups -OCH3 is 1. The highest BCUT2D eigenvalue weighted by atomic mass is 16.5. The van der Waals surface area contributed by atoms with Gasteiger partial charge in [-0.3, -0.25) is 14.6 Å². The van der Waals surface area contributed by atoms with Gasteiger partial charge in [0.2, 0.25) is 5.91 Å². The number of anilines is 1. The fraction of sp³-hybridized carbons (Fsp3) is 0.316. The van der Waals surface area contributed by atoms with Gasteiger partial charge in [-0.25, -0.2) is 0 Å². The number of carbonyl (C=O) groups excluding carboxylic acids is 2. The molecule has 1 aromatic carbocycles. The minimum Gasteiger partial charge on any atom is -0.383 e. The van der Waals surface area contributed by atoms with Gasteiger partial charge in [-0.1, -0.05) is 12.1 Å². The highest BCUT2D eigenvalue weighted by Gasteiger charge is 2.13. The molecule has 2 N–H and O–H groups in total. The third kappa shape index (κ3) is 5.94. The molecule has 26 heavy (non-hydrogen) atoms. The lowest BCUT2D eigenvalue weighted by Crippen LogP contribution is -2.34. The molecule has 0 saturated heterocycles. The number of amides is 2. The lowest BCUT2D eigenvalue weighted by atomic mass is 10.1. The number of benzene rings is 1. The van der Waals surface area contributed by atoms with Gasteiger partial charge >= 0.3 is 0 Å². The monoisotopic (exact) mass is 356 g/mol. The van der Waals surface area contributed by atoms with Crippen molar-refractivity contribution in [2.75, 3.05) is 38.8 Å². The van der Waals surface area contributed by atoms with Crippen LogP contribution in [-0.2, 0) is 16.1 Å². The van der Waals surface area contributed by atoms with E-state index in [2.05, 4.69) is 15.6 Å². The maximum absolute atomic E-state index is 12.4. The topological polar surface area (TPSA) is 83.6 Å². The molecule has 1 heterocycles. The fourth-order valence-electron chi connectivity index (χ4n) is 2.28. The third-order valence-electron chi connectivity index (χ3n) is 3.81. The summed E-state index contributed by atoms with van der Waals surface area (Å²) in [6, 6.07) is 10.9. The Balaban J connectivity index is 1.84. The van der Waals surface area contributed by atoms with E-state index in [0.29, 0.717) is 25.3 Å². The second kappa shape index (κ2) is 10.3. The first-order chi connectivity index (χ1) is 12.6. The Morgan fingerprint density at radius 3 is 2.46 bits per heavy atom. The van der Waals surface area contributed by atoms with Gasteiger partial charge < -0.3 is 20.3 Å². The van der Waals surface area contributed by atoms with Gasteiger partial charge in [0, 0.05) is 50.9 Å². The van der Waals surface area contributed by atoms with Crippen molar-refractivity contribution in [2.45, 2.75) is 6.54 Å². The van der Waals surface area contributed by atoms with E-state index in [1.54, 1.807) is 43.6 Å². The highest BCUT2D eigenvalue weighted by molar-refractivity contribution is 6.05. The van der Waals surface area contributed by atoms with Gasteiger partial charge in [-0.15, -0.1) is 0 Å². The minimum absolute atomic E-state index is 0.0739. The van der Waals surface area contributed by atoms with E-state index in [-0.39, 0.29) is 18.4 Å². The molecule has 2 rings (SSSR count). The summed E-state index contributed by atoms with van der Waals surface area (Å²) < 4.78 is 4.90. The molecule has 1 aromatic heterocycles. The summed E-state index contributed by atoms with van der Waals surface area (Å²) in [6.07, 6.45) is 3.19. The number of nitrogens with one attached hydrogen (secondary N) is 2. The molecule has 0 unspecified atom stereocenters. The van der Waals surface area contributed by atoms with Gasteiger partial charge in [0.15, 0.2) is 0 Å². The van der Waals surface area contributed by atoms with Crippen LogP contribution >= 0.6 is 0 Å². The number of hydrogen-bond acceptors (Lipinski definition) is 5. The molecule has 2 aromatic rings. The average Bonchev–Trinajstić information content (AvgIpc) is 2.69. The molecule has 7 nitrogen and oxygen atoms in total. The van der Waals surface area contributed by atoms with Crippen LogP contribution in [0.3, 0.4) is 0 Å². The largest absolute Gasteiger partial charge is 0.383 e. The molecule has 0 spiro atoms. The average molecular weight is 356 g/mol. The molecule has 0 radical (unpaired) electrons. The first-order valence-corrected chi connectivity index (χ1v) is 8.35. The highest BCUT2D eigenvalue weighted by Crippen LogP contribution is 2.16. The zero-order valence-corrected chi connectivity index (χ0v) is 15.1. The third-order valence-corrected chi connectivity index (χ3v) is 3.81. The van der Waals surface area contributed by atoms with Crippen molar-refractivity contribution in [3.05, 3.63) is 59.9 Å². The van der Waals surface area contributed by atoms with Gasteiger partial charge in [0.05, 0.1) is 13.2 Å². The zero-order valence-electron chi connectivity index (χ0n) is 15.1. The first kappa shape index (κ1) is 19.6. The summed E-state index contributed by atoms with van der Waals surface area (Å²) in [6.45, 7) is 1.90. The van der Waals surface area contributed by atoms with Crippen molar-refractivity contribution in [3.63, 3.8) is 0 Å². The number of aromatic nitrogens is 1. The predicted octanol–water partition coefficient (Wildman–Crippen LogP) is 1.21. The van der Waals surface area contributed by atoms with Gasteiger partial charge in [0.1, 0.15) is 0 Å². The van der Waals surface area contributed by atoms with Crippen LogP contribution in [0.2, 0.25) is 0 Å². The quantitative estimate of drug-likeness (QED) is 0.660. The molecule has 0 atom stereocenters. The Kier molecular flexibility index (Phi) is 7.73. The molecule has 0 aliphatic rings. The molecule has 0 saturated carbocycles. The number of nitrogens with zero attached hydrogens (tertiary/aromatic N) is 2. The van der Waals surface area contributed by atoms with Gasteiger partial charge in [-0.05, 0) is 29.8 Å². The van der Waals surface area contributed by atoms with Crippen molar-refractivity contribution >= 4 is 17.5 Å². The standard InChI is InChI=1S/C19H24N4O3/c1-23(19(25)16-7-9-20-10-8-16)17-5-3-15(4-6-17)13-22-18(24)14-21-11-12-26-2/h3-10,21H,11-14H2,1-2H3,(H,22,24). The van der Waals surface area contributed by atoms with Crippen molar-refractivity contribution in [1.82, 2.24) is 15.6 Å². The molecule has 7 heteroatoms. The Morgan fingerprint density at radius 2 is 1.81 bits per heavy atom. The Bertz CT molecular complexity index is 704. The number of ether oxygens (including phenoxy) is 1. The van der Waals surface area contributed by atoms with Crippen molar-refractivity contribution in [2.24, 2.45) is 0 Å². The van der Waals surface area contributed by atoms with Crippen molar-refractivity contribution in [1.29, 1.82) is 0 Å². The summed E-state index contributed by atoms with van der Waals surface area (Å²) in [5, 5.41) is 5.83. The van der Waals surface area contributed by atoms with E-state index < -0.39 is 0 Å². The molecule has 0 aliphatic carbocycles. The second-order valence-electron chi connectivity index (χ2n) is 5.71. The summed E-state index contributed by atoms with van der Waals surface area (Å²) in [5.41, 5.74) is 2.33. The van der Waals surface area contributed by atoms with Crippen LogP contribution in [0.15, 0.2) is 48.8 Å². The first-order valence-electron chi connectivity index (χ1n) is 8.35. The lowest BCUT2D eigenvalue weighted by molar-refractivity contribution is -0.120. The smallest absolute Gasteiger partial charge is 0.258 e. The van der Waals surface area contributed by atoms with Crippen LogP contribution in [0, 0.1) is 0 Å². The Labute approximate surface area is 153 Å². The van der Waals surface area contributed by atoms with Gasteiger partial charge in [-0.2, -0.15) is 0 Å². The summed E-state index contributed by atoms with van der Waals surface area (Å²) in [5.74, 6) is -0.175. The fourth-order valence-corrected chi connectivity index (χ4v) is 2.28. The molecule has 0 bridgehead atoms. The maximum Gasteiger partial charge on any atom is 0.258 e. The Hall–Kier alpha value is -2.77. The van der Waals surface area contributed by atoms with Crippen LogP contribution in [-0.4, -0.2) is 50.7 Å². The summed E-state index contributed by atoms with van der Waals surface area (Å²) in [4.78, 5) is 29.6. The number of rotatable bonds is 9. The molecule has 0 aliphatic heterocycles. The number of carbonyl (C=O) groups is 2. The summed E-state index contributed by atoms with van der Waals surface area (Å²) >= 11 is 0. The van der Waals surface area contributed by atoms with Crippen LogP contribution in [0.4, 0.5) is 5.69 Å². The van der Waals surface area contributed by atoms with Crippen LogP contribution < -0.4 is 15.5 Å². The minimum atomic E-state index is -0.101. The summed E-state index contributed by atoms with van der Waals surface area (Å²) in [7, 11) is 3.35. The predicted molar refractivity (Wildman–Crippen MR) is 100 cm³/mol. The van der Waals surface area contributed by atoms with E-state index >= 15 is 0 Å². The van der Waals surface area contributed by atoms with Crippen molar-refractivity contribution in [3.8, 4) is 0 Å². The van der Waals surface area contributed by atoms with E-state index in [0.717, 1.165) is 11.3 Å². The molecule has 2 amide bonds. The second-order valence-corrected chi connectivity index (χ2v) is 5.71. The number of pyridine rings is 1. The van der Waals surface area contributed by atoms with Crippen LogP contribution in [0.1, 0.15) is 15.9 Å². The zero-order chi connectivity index (χ0) is 18.8. The molecular weight excluding hydrogens is 332 g/mol.